The minimum atomic E-state index is -1.88. The molecule has 2 heterocycles. The number of aromatic nitrogens is 2. The van der Waals surface area contributed by atoms with E-state index in [0.717, 1.165) is 38.8 Å². The van der Waals surface area contributed by atoms with Crippen LogP contribution in [0.3, 0.4) is 0 Å². The van der Waals surface area contributed by atoms with Crippen molar-refractivity contribution in [3.8, 4) is 5.69 Å². The highest BCUT2D eigenvalue weighted by Gasteiger charge is 2.41. The van der Waals surface area contributed by atoms with Crippen LogP contribution in [-0.4, -0.2) is 46.2 Å². The van der Waals surface area contributed by atoms with Crippen molar-refractivity contribution in [2.24, 2.45) is 5.41 Å². The number of nitrogens with zero attached hydrogens (tertiary/aromatic N) is 3. The van der Waals surface area contributed by atoms with E-state index in [1.807, 2.05) is 0 Å². The Labute approximate surface area is 213 Å². The summed E-state index contributed by atoms with van der Waals surface area (Å²) < 4.78 is 1.37. The zero-order chi connectivity index (χ0) is 24.3. The number of aryl methyl sites for hydroxylation is 1. The minimum absolute atomic E-state index is 0.0554. The second kappa shape index (κ2) is 8.53. The molecule has 0 amide bonds. The Kier molecular flexibility index (Phi) is 5.93. The molecule has 0 N–H and O–H groups in total. The van der Waals surface area contributed by atoms with Crippen molar-refractivity contribution in [1.82, 2.24) is 9.55 Å². The lowest BCUT2D eigenvalue weighted by atomic mass is 9.40. The lowest BCUT2D eigenvalue weighted by Crippen LogP contribution is -2.46. The summed E-state index contributed by atoms with van der Waals surface area (Å²) in [6.45, 7) is 3.23. The first-order chi connectivity index (χ1) is 16.1. The summed E-state index contributed by atoms with van der Waals surface area (Å²) >= 11 is 12.6. The molecule has 34 heavy (non-hydrogen) atoms. The highest BCUT2D eigenvalue weighted by atomic mass is 35.5. The van der Waals surface area contributed by atoms with E-state index in [0.29, 0.717) is 22.4 Å². The zero-order valence-electron chi connectivity index (χ0n) is 19.0. The topological polar surface area (TPSA) is 38.1 Å². The van der Waals surface area contributed by atoms with Crippen LogP contribution in [0.15, 0.2) is 47.3 Å². The van der Waals surface area contributed by atoms with Gasteiger partial charge < -0.3 is 4.90 Å². The molecule has 1 spiro atoms. The first-order valence-corrected chi connectivity index (χ1v) is 12.1. The molecule has 0 bridgehead atoms. The van der Waals surface area contributed by atoms with Crippen molar-refractivity contribution in [2.45, 2.75) is 37.7 Å². The van der Waals surface area contributed by atoms with Gasteiger partial charge in [0.05, 0.1) is 39.3 Å². The van der Waals surface area contributed by atoms with Gasteiger partial charge in [-0.05, 0) is 61.3 Å². The first kappa shape index (κ1) is 23.6. The molecule has 0 saturated carbocycles. The SMILES string of the molecule is [B]C([B])([B])c1c(N2CCC3(CC2)Cc2ccccc2C3)nc(C)n(-c2cccc(Cl)c2Cl)c1=O. The van der Waals surface area contributed by atoms with Crippen LogP contribution in [0.5, 0.6) is 0 Å². The smallest absolute Gasteiger partial charge is 0.261 e. The Bertz CT molecular complexity index is 1300. The maximum absolute atomic E-state index is 13.7. The van der Waals surface area contributed by atoms with Gasteiger partial charge in [0.1, 0.15) is 11.6 Å². The number of benzene rings is 2. The Hall–Kier alpha value is -2.11. The monoisotopic (exact) mass is 483 g/mol. The predicted molar refractivity (Wildman–Crippen MR) is 141 cm³/mol. The van der Waals surface area contributed by atoms with E-state index in [9.17, 15) is 4.79 Å². The van der Waals surface area contributed by atoms with Crippen LogP contribution in [0.4, 0.5) is 5.82 Å². The predicted octanol–water partition coefficient (Wildman–Crippen LogP) is 3.85. The second-order valence-electron chi connectivity index (χ2n) is 9.61. The van der Waals surface area contributed by atoms with Crippen molar-refractivity contribution >= 4 is 52.6 Å². The normalized spacial score (nSPS) is 17.2. The molecule has 9 heteroatoms. The molecule has 6 radical (unpaired) electrons. The summed E-state index contributed by atoms with van der Waals surface area (Å²) in [5.41, 5.74) is 3.13. The third-order valence-corrected chi connectivity index (χ3v) is 8.02. The average Bonchev–Trinajstić information content (AvgIpc) is 3.13. The number of rotatable bonds is 3. The van der Waals surface area contributed by atoms with Gasteiger partial charge in [-0.15, -0.1) is 0 Å². The van der Waals surface area contributed by atoms with Crippen LogP contribution in [0.1, 0.15) is 35.4 Å². The molecule has 1 saturated heterocycles. The van der Waals surface area contributed by atoms with E-state index in [2.05, 4.69) is 29.2 Å². The number of piperidine rings is 1. The largest absolute Gasteiger partial charge is 0.356 e. The van der Waals surface area contributed by atoms with Crippen LogP contribution in [0, 0.1) is 12.3 Å². The van der Waals surface area contributed by atoms with Crippen molar-refractivity contribution in [3.05, 3.63) is 85.4 Å². The van der Waals surface area contributed by atoms with Gasteiger partial charge in [-0.2, -0.15) is 0 Å². The number of hydrogen-bond donors (Lipinski definition) is 0. The van der Waals surface area contributed by atoms with Gasteiger partial charge in [0.15, 0.2) is 0 Å². The van der Waals surface area contributed by atoms with E-state index in [1.54, 1.807) is 25.1 Å². The van der Waals surface area contributed by atoms with Crippen LogP contribution >= 0.6 is 23.2 Å². The van der Waals surface area contributed by atoms with Crippen molar-refractivity contribution in [3.63, 3.8) is 0 Å². The summed E-state index contributed by atoms with van der Waals surface area (Å²) in [4.78, 5) is 20.6. The molecule has 1 aliphatic carbocycles. The molecule has 2 aliphatic rings. The fraction of sp³-hybridized carbons (Fsp3) is 0.360. The maximum Gasteiger partial charge on any atom is 0.261 e. The standard InChI is InChI=1S/C25H22B3Cl2N3O/c1-15-31-22(32-11-9-24(10-12-32)13-16-5-2-3-6-17(16)14-24)20(25(26,27)28)23(34)33(15)19-8-4-7-18(29)21(19)30/h2-8H,9-14H2,1H3. The lowest BCUT2D eigenvalue weighted by Gasteiger charge is -2.41. The Morgan fingerprint density at radius 1 is 0.971 bits per heavy atom. The van der Waals surface area contributed by atoms with E-state index in [1.165, 1.54) is 15.7 Å². The van der Waals surface area contributed by atoms with Crippen molar-refractivity contribution in [1.29, 1.82) is 0 Å². The van der Waals surface area contributed by atoms with Crippen LogP contribution in [0.25, 0.3) is 5.69 Å². The van der Waals surface area contributed by atoms with Gasteiger partial charge >= 0.3 is 0 Å². The van der Waals surface area contributed by atoms with E-state index in [4.69, 9.17) is 51.7 Å². The van der Waals surface area contributed by atoms with Crippen LogP contribution < -0.4 is 10.5 Å². The third kappa shape index (κ3) is 4.01. The van der Waals surface area contributed by atoms with E-state index in [-0.39, 0.29) is 16.0 Å². The highest BCUT2D eigenvalue weighted by molar-refractivity contribution is 6.59. The Balaban J connectivity index is 1.52. The van der Waals surface area contributed by atoms with E-state index >= 15 is 0 Å². The lowest BCUT2D eigenvalue weighted by molar-refractivity contribution is 0.232. The summed E-state index contributed by atoms with van der Waals surface area (Å²) in [7, 11) is 18.4. The molecular weight excluding hydrogens is 462 g/mol. The van der Waals surface area contributed by atoms with Crippen molar-refractivity contribution in [2.75, 3.05) is 18.0 Å². The average molecular weight is 484 g/mol. The number of anilines is 1. The molecule has 2 aromatic carbocycles. The maximum atomic E-state index is 13.7. The number of hydrogen-bond acceptors (Lipinski definition) is 3. The summed E-state index contributed by atoms with van der Waals surface area (Å²) in [5.74, 6) is 0.889. The quantitative estimate of drug-likeness (QED) is 0.531. The van der Waals surface area contributed by atoms with E-state index < -0.39 is 10.7 Å². The van der Waals surface area contributed by atoms with Gasteiger partial charge in [0, 0.05) is 18.7 Å². The fourth-order valence-electron chi connectivity index (χ4n) is 5.49. The summed E-state index contributed by atoms with van der Waals surface area (Å²) in [6.07, 6.45) is 4.13. The number of halogens is 2. The van der Waals surface area contributed by atoms with Crippen LogP contribution in [0.2, 0.25) is 10.0 Å². The summed E-state index contributed by atoms with van der Waals surface area (Å²) in [5, 5.41) is -1.31. The fourth-order valence-corrected chi connectivity index (χ4v) is 5.87. The van der Waals surface area contributed by atoms with Gasteiger partial charge in [-0.1, -0.05) is 58.6 Å². The molecule has 1 aliphatic heterocycles. The molecule has 1 fully saturated rings. The summed E-state index contributed by atoms with van der Waals surface area (Å²) in [6, 6.07) is 13.7. The zero-order valence-corrected chi connectivity index (χ0v) is 20.5. The molecule has 1 aromatic heterocycles. The second-order valence-corrected chi connectivity index (χ2v) is 10.4. The first-order valence-electron chi connectivity index (χ1n) is 11.4. The molecule has 3 aromatic rings. The molecule has 0 unspecified atom stereocenters. The molecular formula is C25H22B3Cl2N3O. The molecule has 5 rings (SSSR count). The van der Waals surface area contributed by atoms with Gasteiger partial charge in [0.2, 0.25) is 0 Å². The number of fused-ring (bicyclic) bond motifs is 1. The third-order valence-electron chi connectivity index (χ3n) is 7.21. The highest BCUT2D eigenvalue weighted by Crippen LogP contribution is 2.45. The minimum Gasteiger partial charge on any atom is -0.356 e. The van der Waals surface area contributed by atoms with Gasteiger partial charge in [0.25, 0.3) is 5.56 Å². The Morgan fingerprint density at radius 3 is 2.18 bits per heavy atom. The molecule has 4 nitrogen and oxygen atoms in total. The van der Waals surface area contributed by atoms with Gasteiger partial charge in [-0.3, -0.25) is 9.36 Å². The molecule has 166 valence electrons. The van der Waals surface area contributed by atoms with Gasteiger partial charge in [-0.25, -0.2) is 4.98 Å². The molecule has 0 atom stereocenters. The van der Waals surface area contributed by atoms with Crippen LogP contribution in [-0.2, 0) is 18.0 Å². The Morgan fingerprint density at radius 2 is 1.59 bits per heavy atom. The van der Waals surface area contributed by atoms with Crippen molar-refractivity contribution < 1.29 is 0 Å².